The van der Waals surface area contributed by atoms with Crippen LogP contribution in [0.3, 0.4) is 0 Å². The first-order valence-electron chi connectivity index (χ1n) is 19.4. The number of halogens is 1. The fourth-order valence-corrected chi connectivity index (χ4v) is 5.91. The van der Waals surface area contributed by atoms with Gasteiger partial charge in [-0.25, -0.2) is 14.4 Å². The summed E-state index contributed by atoms with van der Waals surface area (Å²) in [6.07, 6.45) is 11.4. The molecule has 1 N–H and O–H groups in total. The predicted molar refractivity (Wildman–Crippen MR) is 233 cm³/mol. The second-order valence-corrected chi connectivity index (χ2v) is 13.7. The maximum atomic E-state index is 12.5. The van der Waals surface area contributed by atoms with Crippen molar-refractivity contribution in [3.8, 4) is 33.8 Å². The zero-order valence-corrected chi connectivity index (χ0v) is 34.1. The highest BCUT2D eigenvalue weighted by Crippen LogP contribution is 2.27. The summed E-state index contributed by atoms with van der Waals surface area (Å²) in [5, 5.41) is 9.90. The average molecular weight is 821 g/mol. The lowest BCUT2D eigenvalue weighted by Gasteiger charge is -2.08. The summed E-state index contributed by atoms with van der Waals surface area (Å²) in [6, 6.07) is 30.1. The van der Waals surface area contributed by atoms with Crippen LogP contribution in [0.2, 0.25) is 0 Å². The highest BCUT2D eigenvalue weighted by Gasteiger charge is 2.11. The standard InChI is InChI=1S/C24H24O5.C21H22O4.C3H3ClO/c1-3-5-6-7-17-8-10-18(11-9-17)21-14-19-12-13-20(15-22(19)29-24(21)26)27-16-28-23(25)4-2;1-2-3-4-5-15-6-8-16(9-7-15)19-12-17-10-11-18(24-14-22)13-20(17)25-21(19)23;1-2-3(4)5/h4,8-15H,2-3,5-7,16H2,1H3;6-13,22H,2-5,14H2,1H3;2H,1H2. The van der Waals surface area contributed by atoms with Crippen molar-refractivity contribution < 1.29 is 37.7 Å². The zero-order valence-electron chi connectivity index (χ0n) is 33.4. The monoisotopic (exact) mass is 820 g/mol. The topological polar surface area (TPSA) is 142 Å². The Balaban J connectivity index is 0.000000236. The molecule has 11 heteroatoms. The molecule has 0 saturated heterocycles. The van der Waals surface area contributed by atoms with Crippen molar-refractivity contribution in [3.63, 3.8) is 0 Å². The number of unbranched alkanes of at least 4 members (excludes halogenated alkanes) is 4. The van der Waals surface area contributed by atoms with Crippen LogP contribution in [0.15, 0.2) is 141 Å². The largest absolute Gasteiger partial charge is 0.468 e. The number of aryl methyl sites for hydroxylation is 2. The van der Waals surface area contributed by atoms with Crippen molar-refractivity contribution >= 4 is 44.8 Å². The summed E-state index contributed by atoms with van der Waals surface area (Å²) < 4.78 is 26.0. The summed E-state index contributed by atoms with van der Waals surface area (Å²) in [6.45, 7) is 10.1. The molecule has 308 valence electrons. The average Bonchev–Trinajstić information content (AvgIpc) is 3.24. The van der Waals surface area contributed by atoms with E-state index in [2.05, 4.69) is 51.3 Å². The molecule has 6 rings (SSSR count). The lowest BCUT2D eigenvalue weighted by molar-refractivity contribution is -0.144. The Morgan fingerprint density at radius 2 is 1.08 bits per heavy atom. The van der Waals surface area contributed by atoms with Gasteiger partial charge in [-0.1, -0.05) is 101 Å². The minimum Gasteiger partial charge on any atom is -0.468 e. The van der Waals surface area contributed by atoms with Crippen molar-refractivity contribution in [1.29, 1.82) is 0 Å². The molecule has 0 unspecified atom stereocenters. The first kappa shape index (κ1) is 45.5. The Labute approximate surface area is 348 Å². The number of fused-ring (bicyclic) bond motifs is 2. The van der Waals surface area contributed by atoms with Crippen molar-refractivity contribution in [3.05, 3.63) is 154 Å². The molecule has 59 heavy (non-hydrogen) atoms. The molecule has 0 fully saturated rings. The van der Waals surface area contributed by atoms with E-state index in [1.54, 1.807) is 30.3 Å². The molecule has 0 saturated carbocycles. The highest BCUT2D eigenvalue weighted by molar-refractivity contribution is 6.66. The summed E-state index contributed by atoms with van der Waals surface area (Å²) >= 11 is 4.71. The van der Waals surface area contributed by atoms with Crippen LogP contribution in [0, 0.1) is 0 Å². The van der Waals surface area contributed by atoms with Crippen LogP contribution in [0.1, 0.15) is 63.5 Å². The van der Waals surface area contributed by atoms with Crippen LogP contribution >= 0.6 is 11.6 Å². The van der Waals surface area contributed by atoms with Gasteiger partial charge in [-0.05, 0) is 102 Å². The molecule has 0 amide bonds. The van der Waals surface area contributed by atoms with Crippen LogP contribution in [-0.2, 0) is 27.2 Å². The van der Waals surface area contributed by atoms with Crippen LogP contribution in [0.4, 0.5) is 0 Å². The van der Waals surface area contributed by atoms with Crippen LogP contribution in [0.5, 0.6) is 11.5 Å². The van der Waals surface area contributed by atoms with Gasteiger partial charge in [0.2, 0.25) is 12.0 Å². The summed E-state index contributed by atoms with van der Waals surface area (Å²) in [5.41, 5.74) is 5.36. The molecule has 0 atom stereocenters. The van der Waals surface area contributed by atoms with E-state index >= 15 is 0 Å². The third-order valence-electron chi connectivity index (χ3n) is 9.07. The first-order chi connectivity index (χ1) is 28.6. The smallest absolute Gasteiger partial charge is 0.344 e. The Morgan fingerprint density at radius 1 is 0.644 bits per heavy atom. The van der Waals surface area contributed by atoms with Crippen molar-refractivity contribution in [2.24, 2.45) is 0 Å². The molecule has 0 bridgehead atoms. The molecule has 6 aromatic rings. The Morgan fingerprint density at radius 3 is 1.47 bits per heavy atom. The molecule has 10 nitrogen and oxygen atoms in total. The third kappa shape index (κ3) is 14.3. The third-order valence-corrected chi connectivity index (χ3v) is 9.22. The van der Waals surface area contributed by atoms with E-state index in [9.17, 15) is 19.2 Å². The molecule has 0 radical (unpaired) electrons. The number of carbonyl (C=O) groups excluding carboxylic acids is 2. The number of aliphatic hydroxyl groups excluding tert-OH is 1. The molecular formula is C48H49ClO10. The molecule has 2 heterocycles. The van der Waals surface area contributed by atoms with Gasteiger partial charge in [-0.3, -0.25) is 4.79 Å². The molecule has 0 aliphatic carbocycles. The van der Waals surface area contributed by atoms with Gasteiger partial charge in [-0.2, -0.15) is 0 Å². The molecular weight excluding hydrogens is 772 g/mol. The number of ether oxygens (including phenoxy) is 3. The lowest BCUT2D eigenvalue weighted by Crippen LogP contribution is -2.07. The summed E-state index contributed by atoms with van der Waals surface area (Å²) in [5.74, 6) is 0.322. The van der Waals surface area contributed by atoms with E-state index in [-0.39, 0.29) is 12.4 Å². The lowest BCUT2D eigenvalue weighted by atomic mass is 10.0. The highest BCUT2D eigenvalue weighted by atomic mass is 35.5. The molecule has 2 aromatic heterocycles. The van der Waals surface area contributed by atoms with Gasteiger partial charge in [-0.15, -0.1) is 0 Å². The number of aliphatic hydroxyl groups is 1. The van der Waals surface area contributed by atoms with Crippen LogP contribution in [-0.4, -0.2) is 29.9 Å². The van der Waals surface area contributed by atoms with E-state index in [4.69, 9.17) is 39.8 Å². The number of allylic oxidation sites excluding steroid dienone is 1. The quantitative estimate of drug-likeness (QED) is 0.0236. The van der Waals surface area contributed by atoms with Gasteiger partial charge < -0.3 is 28.2 Å². The van der Waals surface area contributed by atoms with Crippen LogP contribution < -0.4 is 20.7 Å². The second-order valence-electron chi connectivity index (χ2n) is 13.3. The van der Waals surface area contributed by atoms with E-state index in [0.29, 0.717) is 33.8 Å². The minimum atomic E-state index is -0.571. The fourth-order valence-electron chi connectivity index (χ4n) is 5.91. The number of hydrogen-bond donors (Lipinski definition) is 1. The summed E-state index contributed by atoms with van der Waals surface area (Å²) in [7, 11) is 0. The number of benzene rings is 4. The molecule has 4 aromatic carbocycles. The maximum absolute atomic E-state index is 12.5. The number of hydrogen-bond acceptors (Lipinski definition) is 10. The predicted octanol–water partition coefficient (Wildman–Crippen LogP) is 10.7. The minimum absolute atomic E-state index is 0.247. The molecule has 0 aliphatic rings. The van der Waals surface area contributed by atoms with E-state index < -0.39 is 23.6 Å². The fraction of sp³-hybridized carbons (Fsp3) is 0.250. The normalized spacial score (nSPS) is 10.4. The van der Waals surface area contributed by atoms with Crippen molar-refractivity contribution in [2.45, 2.75) is 65.2 Å². The number of carbonyl (C=O) groups is 2. The van der Waals surface area contributed by atoms with Gasteiger partial charge in [0.25, 0.3) is 0 Å². The van der Waals surface area contributed by atoms with Gasteiger partial charge >= 0.3 is 17.2 Å². The summed E-state index contributed by atoms with van der Waals surface area (Å²) in [4.78, 5) is 45.3. The van der Waals surface area contributed by atoms with Gasteiger partial charge in [0, 0.05) is 29.0 Å². The SMILES string of the molecule is C=CC(=O)Cl.C=CC(=O)OCOc1ccc2cc(-c3ccc(CCCCC)cc3)c(=O)oc2c1.CCCCCc1ccc(-c2cc3ccc(OCO)cc3oc2=O)cc1. The van der Waals surface area contributed by atoms with E-state index in [0.717, 1.165) is 46.9 Å². The zero-order chi connectivity index (χ0) is 42.6. The van der Waals surface area contributed by atoms with Gasteiger partial charge in [0.15, 0.2) is 6.79 Å². The Hall–Kier alpha value is -6.23. The molecule has 0 aliphatic heterocycles. The van der Waals surface area contributed by atoms with Crippen LogP contribution in [0.25, 0.3) is 44.2 Å². The van der Waals surface area contributed by atoms with E-state index in [1.807, 2.05) is 42.5 Å². The van der Waals surface area contributed by atoms with Crippen molar-refractivity contribution in [1.82, 2.24) is 0 Å². The van der Waals surface area contributed by atoms with Gasteiger partial charge in [0.05, 0.1) is 11.1 Å². The van der Waals surface area contributed by atoms with Gasteiger partial charge in [0.1, 0.15) is 22.7 Å². The van der Waals surface area contributed by atoms with Crippen molar-refractivity contribution in [2.75, 3.05) is 13.6 Å². The maximum Gasteiger partial charge on any atom is 0.344 e. The number of rotatable bonds is 17. The first-order valence-corrected chi connectivity index (χ1v) is 19.8. The second kappa shape index (κ2) is 23.9. The number of esters is 1. The molecule has 0 spiro atoms. The Bertz CT molecular complexity index is 2430. The van der Waals surface area contributed by atoms with E-state index in [1.165, 1.54) is 49.7 Å². The Kier molecular flexibility index (Phi) is 18.4.